The van der Waals surface area contributed by atoms with Gasteiger partial charge in [-0.1, -0.05) is 17.7 Å². The summed E-state index contributed by atoms with van der Waals surface area (Å²) in [6.45, 7) is 3.84. The van der Waals surface area contributed by atoms with E-state index in [1.54, 1.807) is 48.5 Å². The van der Waals surface area contributed by atoms with Crippen LogP contribution in [0.3, 0.4) is 0 Å². The Labute approximate surface area is 174 Å². The highest BCUT2D eigenvalue weighted by atomic mass is 35.5. The minimum Gasteiger partial charge on any atom is -0.491 e. The average Bonchev–Trinajstić information content (AvgIpc) is 3.15. The molecule has 0 aliphatic rings. The van der Waals surface area contributed by atoms with Crippen molar-refractivity contribution in [3.05, 3.63) is 77.0 Å². The lowest BCUT2D eigenvalue weighted by atomic mass is 10.2. The van der Waals surface area contributed by atoms with E-state index in [0.717, 1.165) is 5.56 Å². The second kappa shape index (κ2) is 9.13. The highest BCUT2D eigenvalue weighted by Crippen LogP contribution is 2.25. The van der Waals surface area contributed by atoms with Gasteiger partial charge in [0.05, 0.1) is 6.10 Å². The molecule has 0 fully saturated rings. The lowest BCUT2D eigenvalue weighted by Gasteiger charge is -2.11. The van der Waals surface area contributed by atoms with Gasteiger partial charge in [-0.3, -0.25) is 4.79 Å². The maximum Gasteiger partial charge on any atom is 0.266 e. The number of hydrogen-bond donors (Lipinski definition) is 1. The fourth-order valence-electron chi connectivity index (χ4n) is 2.61. The van der Waals surface area contributed by atoms with Crippen molar-refractivity contribution in [3.63, 3.8) is 0 Å². The van der Waals surface area contributed by atoms with Crippen LogP contribution in [0.25, 0.3) is 17.4 Å². The molecule has 0 radical (unpaired) electrons. The maximum atomic E-state index is 12.5. The predicted molar refractivity (Wildman–Crippen MR) is 114 cm³/mol. The summed E-state index contributed by atoms with van der Waals surface area (Å²) in [6, 6.07) is 19.6. The smallest absolute Gasteiger partial charge is 0.266 e. The van der Waals surface area contributed by atoms with Crippen LogP contribution in [0.2, 0.25) is 5.02 Å². The third-order valence-electron chi connectivity index (χ3n) is 3.87. The molecule has 1 heterocycles. The van der Waals surface area contributed by atoms with Gasteiger partial charge in [-0.05, 0) is 62.4 Å². The first-order valence-corrected chi connectivity index (χ1v) is 9.38. The molecule has 146 valence electrons. The van der Waals surface area contributed by atoms with E-state index in [-0.39, 0.29) is 11.7 Å². The molecule has 1 N–H and O–H groups in total. The van der Waals surface area contributed by atoms with E-state index < -0.39 is 5.91 Å². The summed E-state index contributed by atoms with van der Waals surface area (Å²) in [7, 11) is 0. The summed E-state index contributed by atoms with van der Waals surface area (Å²) < 4.78 is 11.4. The van der Waals surface area contributed by atoms with Crippen molar-refractivity contribution >= 4 is 29.3 Å². The summed E-state index contributed by atoms with van der Waals surface area (Å²) in [5.41, 5.74) is 1.31. The molecule has 6 heteroatoms. The number of amides is 1. The molecule has 3 aromatic rings. The van der Waals surface area contributed by atoms with Crippen LogP contribution in [0.4, 0.5) is 5.69 Å². The molecular weight excluding hydrogens is 388 g/mol. The molecule has 0 unspecified atom stereocenters. The normalized spacial score (nSPS) is 11.2. The minimum atomic E-state index is -0.529. The van der Waals surface area contributed by atoms with E-state index in [1.165, 1.54) is 6.08 Å². The predicted octanol–water partition coefficient (Wildman–Crippen LogP) is 5.93. The van der Waals surface area contributed by atoms with Gasteiger partial charge >= 0.3 is 0 Å². The highest BCUT2D eigenvalue weighted by Gasteiger charge is 2.12. The SMILES string of the molecule is CC(C)Oc1cccc(NC(=O)/C(C#N)=C\c2ccc(-c3ccc(Cl)cc3)o2)c1. The monoisotopic (exact) mass is 406 g/mol. The first-order valence-electron chi connectivity index (χ1n) is 9.00. The number of ether oxygens (including phenoxy) is 1. The lowest BCUT2D eigenvalue weighted by molar-refractivity contribution is -0.112. The van der Waals surface area contributed by atoms with Crippen LogP contribution < -0.4 is 10.1 Å². The third-order valence-corrected chi connectivity index (χ3v) is 4.12. The second-order valence-electron chi connectivity index (χ2n) is 6.53. The Morgan fingerprint density at radius 2 is 1.93 bits per heavy atom. The molecule has 0 aliphatic carbocycles. The van der Waals surface area contributed by atoms with E-state index in [1.807, 2.05) is 32.0 Å². The van der Waals surface area contributed by atoms with Gasteiger partial charge < -0.3 is 14.5 Å². The zero-order chi connectivity index (χ0) is 20.8. The zero-order valence-electron chi connectivity index (χ0n) is 16.0. The van der Waals surface area contributed by atoms with E-state index in [2.05, 4.69) is 5.32 Å². The number of nitrogens with zero attached hydrogens (tertiary/aromatic N) is 1. The van der Waals surface area contributed by atoms with Crippen LogP contribution in [0.1, 0.15) is 19.6 Å². The number of carbonyl (C=O) groups is 1. The number of nitriles is 1. The number of anilines is 1. The third kappa shape index (κ3) is 5.50. The molecule has 0 saturated carbocycles. The summed E-state index contributed by atoms with van der Waals surface area (Å²) in [6.07, 6.45) is 1.42. The van der Waals surface area contributed by atoms with Gasteiger partial charge in [0.25, 0.3) is 5.91 Å². The number of furan rings is 1. The molecule has 1 amide bonds. The molecule has 0 spiro atoms. The Bertz CT molecular complexity index is 1080. The van der Waals surface area contributed by atoms with Crippen molar-refractivity contribution in [3.8, 4) is 23.1 Å². The van der Waals surface area contributed by atoms with Crippen molar-refractivity contribution in [2.75, 3.05) is 5.32 Å². The molecule has 0 aliphatic heterocycles. The zero-order valence-corrected chi connectivity index (χ0v) is 16.7. The molecule has 29 heavy (non-hydrogen) atoms. The molecule has 5 nitrogen and oxygen atoms in total. The first-order chi connectivity index (χ1) is 13.9. The Kier molecular flexibility index (Phi) is 6.38. The van der Waals surface area contributed by atoms with Gasteiger partial charge in [-0.2, -0.15) is 5.26 Å². The van der Waals surface area contributed by atoms with Crippen LogP contribution in [0.15, 0.2) is 70.7 Å². The summed E-state index contributed by atoms with van der Waals surface area (Å²) in [5.74, 6) is 1.13. The van der Waals surface area contributed by atoms with Crippen LogP contribution in [-0.2, 0) is 4.79 Å². The number of hydrogen-bond acceptors (Lipinski definition) is 4. The van der Waals surface area contributed by atoms with Crippen molar-refractivity contribution in [1.82, 2.24) is 0 Å². The number of nitrogens with one attached hydrogen (secondary N) is 1. The van der Waals surface area contributed by atoms with Crippen molar-refractivity contribution in [1.29, 1.82) is 5.26 Å². The van der Waals surface area contributed by atoms with Crippen LogP contribution in [0.5, 0.6) is 5.75 Å². The molecule has 0 bridgehead atoms. The number of halogens is 1. The molecule has 3 rings (SSSR count). The molecule has 0 atom stereocenters. The second-order valence-corrected chi connectivity index (χ2v) is 6.96. The largest absolute Gasteiger partial charge is 0.491 e. The topological polar surface area (TPSA) is 75.3 Å². The number of benzene rings is 2. The van der Waals surface area contributed by atoms with Crippen LogP contribution >= 0.6 is 11.6 Å². The first kappa shape index (κ1) is 20.2. The fourth-order valence-corrected chi connectivity index (χ4v) is 2.73. The van der Waals surface area contributed by atoms with E-state index in [0.29, 0.717) is 28.0 Å². The lowest BCUT2D eigenvalue weighted by Crippen LogP contribution is -2.13. The van der Waals surface area contributed by atoms with Gasteiger partial charge in [-0.15, -0.1) is 0 Å². The number of carbonyl (C=O) groups excluding carboxylic acids is 1. The van der Waals surface area contributed by atoms with Gasteiger partial charge in [-0.25, -0.2) is 0 Å². The van der Waals surface area contributed by atoms with Gasteiger partial charge in [0, 0.05) is 28.4 Å². The average molecular weight is 407 g/mol. The molecule has 2 aromatic carbocycles. The van der Waals surface area contributed by atoms with E-state index in [4.69, 9.17) is 20.8 Å². The molecule has 1 aromatic heterocycles. The number of rotatable bonds is 6. The summed E-state index contributed by atoms with van der Waals surface area (Å²) in [4.78, 5) is 12.5. The van der Waals surface area contributed by atoms with Crippen LogP contribution in [0, 0.1) is 11.3 Å². The molecule has 0 saturated heterocycles. The van der Waals surface area contributed by atoms with E-state index >= 15 is 0 Å². The van der Waals surface area contributed by atoms with Crippen molar-refractivity contribution in [2.24, 2.45) is 0 Å². The summed E-state index contributed by atoms with van der Waals surface area (Å²) in [5, 5.41) is 12.7. The van der Waals surface area contributed by atoms with Crippen molar-refractivity contribution in [2.45, 2.75) is 20.0 Å². The fraction of sp³-hybridized carbons (Fsp3) is 0.130. The highest BCUT2D eigenvalue weighted by molar-refractivity contribution is 6.30. The standard InChI is InChI=1S/C23H19ClN2O3/c1-15(2)28-20-5-3-4-19(13-20)26-23(27)17(14-25)12-21-10-11-22(29-21)16-6-8-18(24)9-7-16/h3-13,15H,1-2H3,(H,26,27)/b17-12-. The Morgan fingerprint density at radius 3 is 2.62 bits per heavy atom. The van der Waals surface area contributed by atoms with Crippen LogP contribution in [-0.4, -0.2) is 12.0 Å². The quantitative estimate of drug-likeness (QED) is 0.406. The van der Waals surface area contributed by atoms with Gasteiger partial charge in [0.1, 0.15) is 28.9 Å². The van der Waals surface area contributed by atoms with Gasteiger partial charge in [0.15, 0.2) is 0 Å². The molecular formula is C23H19ClN2O3. The maximum absolute atomic E-state index is 12.5. The van der Waals surface area contributed by atoms with Gasteiger partial charge in [0.2, 0.25) is 0 Å². The summed E-state index contributed by atoms with van der Waals surface area (Å²) >= 11 is 5.90. The Balaban J connectivity index is 1.75. The Morgan fingerprint density at radius 1 is 1.17 bits per heavy atom. The minimum absolute atomic E-state index is 0.0179. The van der Waals surface area contributed by atoms with Crippen molar-refractivity contribution < 1.29 is 13.9 Å². The Hall–Kier alpha value is -3.49. The van der Waals surface area contributed by atoms with E-state index in [9.17, 15) is 10.1 Å².